The molecule has 0 bridgehead atoms. The normalized spacial score (nSPS) is 13.4. The predicted molar refractivity (Wildman–Crippen MR) is 132 cm³/mol. The van der Waals surface area contributed by atoms with E-state index >= 15 is 0 Å². The number of thiophene rings is 1. The topological polar surface area (TPSA) is 71.9 Å². The average Bonchev–Trinajstić information content (AvgIpc) is 3.18. The van der Waals surface area contributed by atoms with Gasteiger partial charge in [0.05, 0.1) is 25.5 Å². The van der Waals surface area contributed by atoms with Gasteiger partial charge in [0.1, 0.15) is 4.83 Å². The van der Waals surface area contributed by atoms with Crippen molar-refractivity contribution < 1.29 is 19.4 Å². The number of thioether (sulfide) groups is 1. The molecule has 32 heavy (non-hydrogen) atoms. The third-order valence-corrected chi connectivity index (χ3v) is 8.27. The van der Waals surface area contributed by atoms with Crippen molar-refractivity contribution in [1.82, 2.24) is 9.88 Å². The summed E-state index contributed by atoms with van der Waals surface area (Å²) in [5.74, 6) is 2.24. The van der Waals surface area contributed by atoms with E-state index in [-0.39, 0.29) is 5.56 Å². The SMILES string of the molecule is CCN(CC)Cc1nc2sc3c(c2c(-c2ccc(OC)c(OC)c2)c1C(=O)O)CCSC3. The molecule has 1 aliphatic rings. The zero-order valence-corrected chi connectivity index (χ0v) is 20.5. The Kier molecular flexibility index (Phi) is 6.93. The minimum absolute atomic E-state index is 0.287. The Morgan fingerprint density at radius 3 is 2.59 bits per heavy atom. The molecule has 6 nitrogen and oxygen atoms in total. The van der Waals surface area contributed by atoms with Crippen LogP contribution in [0.15, 0.2) is 18.2 Å². The minimum Gasteiger partial charge on any atom is -0.493 e. The lowest BCUT2D eigenvalue weighted by molar-refractivity contribution is 0.0695. The van der Waals surface area contributed by atoms with Crippen LogP contribution < -0.4 is 9.47 Å². The summed E-state index contributed by atoms with van der Waals surface area (Å²) in [4.78, 5) is 22.0. The van der Waals surface area contributed by atoms with E-state index in [1.165, 1.54) is 10.4 Å². The Hall–Kier alpha value is -2.29. The van der Waals surface area contributed by atoms with Crippen molar-refractivity contribution >= 4 is 39.3 Å². The van der Waals surface area contributed by atoms with Crippen molar-refractivity contribution in [2.45, 2.75) is 32.6 Å². The number of ether oxygens (including phenoxy) is 2. The summed E-state index contributed by atoms with van der Waals surface area (Å²) in [5, 5.41) is 11.4. The van der Waals surface area contributed by atoms with Crippen LogP contribution in [0, 0.1) is 0 Å². The second-order valence-corrected chi connectivity index (χ2v) is 9.82. The summed E-state index contributed by atoms with van der Waals surface area (Å²) in [7, 11) is 3.19. The van der Waals surface area contributed by atoms with E-state index in [4.69, 9.17) is 14.5 Å². The van der Waals surface area contributed by atoms with Crippen molar-refractivity contribution in [3.8, 4) is 22.6 Å². The van der Waals surface area contributed by atoms with Gasteiger partial charge >= 0.3 is 5.97 Å². The maximum atomic E-state index is 12.7. The van der Waals surface area contributed by atoms with Crippen molar-refractivity contribution in [2.24, 2.45) is 0 Å². The first-order chi connectivity index (χ1) is 15.5. The molecule has 0 atom stereocenters. The fourth-order valence-corrected chi connectivity index (χ4v) is 6.67. The molecule has 1 aliphatic heterocycles. The molecule has 3 heterocycles. The fraction of sp³-hybridized carbons (Fsp3) is 0.417. The molecule has 0 spiro atoms. The molecule has 3 aromatic rings. The van der Waals surface area contributed by atoms with Crippen LogP contribution in [0.1, 0.15) is 40.3 Å². The second kappa shape index (κ2) is 9.68. The van der Waals surface area contributed by atoms with Gasteiger partial charge < -0.3 is 14.6 Å². The molecule has 170 valence electrons. The number of benzene rings is 1. The summed E-state index contributed by atoms with van der Waals surface area (Å²) < 4.78 is 10.9. The highest BCUT2D eigenvalue weighted by molar-refractivity contribution is 7.98. The first-order valence-electron chi connectivity index (χ1n) is 10.7. The number of pyridine rings is 1. The number of fused-ring (bicyclic) bond motifs is 3. The van der Waals surface area contributed by atoms with Crippen LogP contribution >= 0.6 is 23.1 Å². The number of aryl methyl sites for hydroxylation is 1. The molecule has 0 fully saturated rings. The van der Waals surface area contributed by atoms with Crippen LogP contribution in [0.25, 0.3) is 21.3 Å². The summed E-state index contributed by atoms with van der Waals surface area (Å²) in [6.45, 7) is 6.33. The Balaban J connectivity index is 2.06. The number of hydrogen-bond donors (Lipinski definition) is 1. The quantitative estimate of drug-likeness (QED) is 0.476. The van der Waals surface area contributed by atoms with Crippen molar-refractivity contribution in [3.63, 3.8) is 0 Å². The molecule has 0 unspecified atom stereocenters. The van der Waals surface area contributed by atoms with Crippen LogP contribution in [-0.4, -0.2) is 54.0 Å². The lowest BCUT2D eigenvalue weighted by Crippen LogP contribution is -2.24. The summed E-state index contributed by atoms with van der Waals surface area (Å²) in [6.07, 6.45) is 0.927. The molecule has 0 amide bonds. The van der Waals surface area contributed by atoms with Crippen LogP contribution in [0.5, 0.6) is 11.5 Å². The molecule has 0 saturated carbocycles. The molecule has 4 rings (SSSR count). The lowest BCUT2D eigenvalue weighted by atomic mass is 9.92. The predicted octanol–water partition coefficient (Wildman–Crippen LogP) is 5.31. The van der Waals surface area contributed by atoms with E-state index in [0.29, 0.717) is 23.7 Å². The number of aromatic nitrogens is 1. The standard InChI is InChI=1S/C24H28N2O4S2/c1-5-26(6-2)12-16-22(24(27)28)20(14-7-8-17(29-3)18(11-14)30-4)21-15-9-10-31-13-19(15)32-23(21)25-16/h7-8,11H,5-6,9-10,12-13H2,1-4H3,(H,27,28). The Morgan fingerprint density at radius 2 is 1.94 bits per heavy atom. The number of aromatic carboxylic acids is 1. The van der Waals surface area contributed by atoms with Crippen LogP contribution in [0.2, 0.25) is 0 Å². The number of rotatable bonds is 8. The van der Waals surface area contributed by atoms with Gasteiger partial charge in [0.2, 0.25) is 0 Å². The number of carboxylic acid groups (broad SMARTS) is 1. The molecule has 2 aromatic heterocycles. The van der Waals surface area contributed by atoms with Crippen LogP contribution in [-0.2, 0) is 18.7 Å². The maximum absolute atomic E-state index is 12.7. The molecular weight excluding hydrogens is 444 g/mol. The number of nitrogens with zero attached hydrogens (tertiary/aromatic N) is 2. The van der Waals surface area contributed by atoms with E-state index in [2.05, 4.69) is 18.7 Å². The molecule has 0 aliphatic carbocycles. The smallest absolute Gasteiger partial charge is 0.338 e. The van der Waals surface area contributed by atoms with E-state index < -0.39 is 5.97 Å². The molecule has 0 saturated heterocycles. The van der Waals surface area contributed by atoms with Gasteiger partial charge in [0.25, 0.3) is 0 Å². The van der Waals surface area contributed by atoms with Gasteiger partial charge in [0, 0.05) is 28.1 Å². The second-order valence-electron chi connectivity index (χ2n) is 7.63. The van der Waals surface area contributed by atoms with E-state index in [1.54, 1.807) is 25.6 Å². The highest BCUT2D eigenvalue weighted by Crippen LogP contribution is 2.45. The van der Waals surface area contributed by atoms with Gasteiger partial charge in [-0.1, -0.05) is 19.9 Å². The minimum atomic E-state index is -0.948. The number of methoxy groups -OCH3 is 2. The highest BCUT2D eigenvalue weighted by atomic mass is 32.2. The Bertz CT molecular complexity index is 1150. The first-order valence-corrected chi connectivity index (χ1v) is 12.7. The van der Waals surface area contributed by atoms with E-state index in [1.807, 2.05) is 30.0 Å². The molecule has 8 heteroatoms. The lowest BCUT2D eigenvalue weighted by Gasteiger charge is -2.21. The summed E-state index contributed by atoms with van der Waals surface area (Å²) in [6, 6.07) is 5.64. The molecule has 0 radical (unpaired) electrons. The van der Waals surface area contributed by atoms with Gasteiger partial charge in [-0.25, -0.2) is 9.78 Å². The third kappa shape index (κ3) is 4.07. The number of carboxylic acids is 1. The van der Waals surface area contributed by atoms with Gasteiger partial charge in [-0.05, 0) is 48.5 Å². The summed E-state index contributed by atoms with van der Waals surface area (Å²) >= 11 is 3.62. The van der Waals surface area contributed by atoms with E-state index in [0.717, 1.165) is 52.4 Å². The van der Waals surface area contributed by atoms with E-state index in [9.17, 15) is 9.90 Å². The largest absolute Gasteiger partial charge is 0.493 e. The zero-order chi connectivity index (χ0) is 22.8. The monoisotopic (exact) mass is 472 g/mol. The zero-order valence-electron chi connectivity index (χ0n) is 18.9. The summed E-state index contributed by atoms with van der Waals surface area (Å²) in [5.41, 5.74) is 3.71. The molecular formula is C24H28N2O4S2. The molecule has 1 aromatic carbocycles. The van der Waals surface area contributed by atoms with Gasteiger partial charge in [0.15, 0.2) is 11.5 Å². The van der Waals surface area contributed by atoms with Crippen LogP contribution in [0.4, 0.5) is 0 Å². The number of carbonyl (C=O) groups is 1. The third-order valence-electron chi connectivity index (χ3n) is 5.98. The maximum Gasteiger partial charge on any atom is 0.338 e. The number of hydrogen-bond acceptors (Lipinski definition) is 7. The average molecular weight is 473 g/mol. The molecule has 1 N–H and O–H groups in total. The highest BCUT2D eigenvalue weighted by Gasteiger charge is 2.28. The Morgan fingerprint density at radius 1 is 1.19 bits per heavy atom. The van der Waals surface area contributed by atoms with Crippen molar-refractivity contribution in [2.75, 3.05) is 33.1 Å². The van der Waals surface area contributed by atoms with Gasteiger partial charge in [-0.15, -0.1) is 11.3 Å². The van der Waals surface area contributed by atoms with Gasteiger partial charge in [-0.3, -0.25) is 4.90 Å². The fourth-order valence-electron chi connectivity index (χ4n) is 4.29. The Labute approximate surface area is 196 Å². The van der Waals surface area contributed by atoms with Crippen LogP contribution in [0.3, 0.4) is 0 Å². The van der Waals surface area contributed by atoms with Crippen molar-refractivity contribution in [3.05, 3.63) is 39.9 Å². The van der Waals surface area contributed by atoms with Gasteiger partial charge in [-0.2, -0.15) is 11.8 Å². The first kappa shape index (κ1) is 22.9. The van der Waals surface area contributed by atoms with Crippen molar-refractivity contribution in [1.29, 1.82) is 0 Å².